The summed E-state index contributed by atoms with van der Waals surface area (Å²) in [6, 6.07) is 0.576. The van der Waals surface area contributed by atoms with Gasteiger partial charge >= 0.3 is 0 Å². The summed E-state index contributed by atoms with van der Waals surface area (Å²) in [5, 5.41) is 8.56. The van der Waals surface area contributed by atoms with E-state index in [9.17, 15) is 0 Å². The zero-order chi connectivity index (χ0) is 11.1. The van der Waals surface area contributed by atoms with Gasteiger partial charge in [-0.15, -0.1) is 0 Å². The van der Waals surface area contributed by atoms with Crippen LogP contribution in [0.4, 0.5) is 0 Å². The molecule has 0 amide bonds. The fourth-order valence-corrected chi connectivity index (χ4v) is 2.32. The normalized spacial score (nSPS) is 13.0. The molecular formula is C10H20N4S. The Morgan fingerprint density at radius 2 is 2.33 bits per heavy atom. The Kier molecular flexibility index (Phi) is 5.71. The van der Waals surface area contributed by atoms with Crippen molar-refractivity contribution in [1.82, 2.24) is 20.1 Å². The fraction of sp³-hybridized carbons (Fsp3) is 0.800. The minimum Gasteiger partial charge on any atom is -0.313 e. The van der Waals surface area contributed by atoms with Gasteiger partial charge in [0.15, 0.2) is 5.16 Å². The summed E-state index contributed by atoms with van der Waals surface area (Å²) in [6.07, 6.45) is 3.94. The van der Waals surface area contributed by atoms with Crippen molar-refractivity contribution < 1.29 is 0 Å². The van der Waals surface area contributed by atoms with E-state index in [1.165, 1.54) is 6.42 Å². The lowest BCUT2D eigenvalue weighted by molar-refractivity contribution is 0.538. The Morgan fingerprint density at radius 1 is 1.53 bits per heavy atom. The van der Waals surface area contributed by atoms with E-state index in [1.807, 2.05) is 11.7 Å². The molecule has 0 saturated heterocycles. The molecule has 1 unspecified atom stereocenters. The van der Waals surface area contributed by atoms with E-state index in [2.05, 4.69) is 29.2 Å². The van der Waals surface area contributed by atoms with E-state index in [1.54, 1.807) is 18.1 Å². The summed E-state index contributed by atoms with van der Waals surface area (Å²) >= 11 is 1.76. The topological polar surface area (TPSA) is 42.7 Å². The van der Waals surface area contributed by atoms with Crippen molar-refractivity contribution in [1.29, 1.82) is 0 Å². The molecule has 86 valence electrons. The number of rotatable bonds is 7. The summed E-state index contributed by atoms with van der Waals surface area (Å²) in [7, 11) is 1.93. The molecule has 1 heterocycles. The van der Waals surface area contributed by atoms with E-state index in [-0.39, 0.29) is 0 Å². The predicted octanol–water partition coefficient (Wildman–Crippen LogP) is 1.69. The highest BCUT2D eigenvalue weighted by atomic mass is 32.2. The minimum absolute atomic E-state index is 0.576. The predicted molar refractivity (Wildman–Crippen MR) is 64.1 cm³/mol. The number of nitrogens with one attached hydrogen (secondary N) is 1. The van der Waals surface area contributed by atoms with Gasteiger partial charge in [0.05, 0.1) is 0 Å². The van der Waals surface area contributed by atoms with Gasteiger partial charge in [0.2, 0.25) is 0 Å². The Hall–Kier alpha value is -0.550. The molecule has 0 saturated carbocycles. The molecule has 0 aliphatic carbocycles. The molecule has 0 spiro atoms. The standard InChI is InChI=1S/C10H20N4S/c1-4-6-11-9(5-2)7-15-10-12-8-13-14(10)3/h8-9,11H,4-7H2,1-3H3. The second kappa shape index (κ2) is 6.85. The van der Waals surface area contributed by atoms with Crippen molar-refractivity contribution >= 4 is 11.8 Å². The molecular weight excluding hydrogens is 208 g/mol. The molecule has 1 rings (SSSR count). The molecule has 15 heavy (non-hydrogen) atoms. The smallest absolute Gasteiger partial charge is 0.185 e. The average Bonchev–Trinajstić information content (AvgIpc) is 2.65. The third-order valence-corrected chi connectivity index (χ3v) is 3.46. The number of hydrogen-bond donors (Lipinski definition) is 1. The van der Waals surface area contributed by atoms with E-state index in [0.29, 0.717) is 6.04 Å². The second-order valence-electron chi connectivity index (χ2n) is 3.54. The molecule has 0 fully saturated rings. The first-order valence-corrected chi connectivity index (χ1v) is 6.46. The molecule has 0 aliphatic heterocycles. The van der Waals surface area contributed by atoms with Gasteiger partial charge in [-0.25, -0.2) is 9.67 Å². The molecule has 0 aliphatic rings. The third-order valence-electron chi connectivity index (χ3n) is 2.26. The highest BCUT2D eigenvalue weighted by Crippen LogP contribution is 2.15. The molecule has 0 radical (unpaired) electrons. The van der Waals surface area contributed by atoms with E-state index in [0.717, 1.165) is 23.9 Å². The van der Waals surface area contributed by atoms with Crippen LogP contribution in [0.3, 0.4) is 0 Å². The van der Waals surface area contributed by atoms with Gasteiger partial charge in [0.25, 0.3) is 0 Å². The number of aromatic nitrogens is 3. The Morgan fingerprint density at radius 3 is 2.87 bits per heavy atom. The van der Waals surface area contributed by atoms with Gasteiger partial charge in [-0.05, 0) is 19.4 Å². The van der Waals surface area contributed by atoms with Crippen molar-refractivity contribution in [3.05, 3.63) is 6.33 Å². The molecule has 1 aromatic rings. The lowest BCUT2D eigenvalue weighted by Crippen LogP contribution is -2.31. The maximum atomic E-state index is 4.19. The van der Waals surface area contributed by atoms with Crippen molar-refractivity contribution in [2.45, 2.75) is 37.9 Å². The van der Waals surface area contributed by atoms with Gasteiger partial charge in [0, 0.05) is 18.8 Å². The Labute approximate surface area is 95.9 Å². The molecule has 5 heteroatoms. The first-order chi connectivity index (χ1) is 7.27. The van der Waals surface area contributed by atoms with Crippen molar-refractivity contribution in [2.75, 3.05) is 12.3 Å². The van der Waals surface area contributed by atoms with Crippen LogP contribution in [0.5, 0.6) is 0 Å². The van der Waals surface area contributed by atoms with Crippen LogP contribution < -0.4 is 5.32 Å². The van der Waals surface area contributed by atoms with Crippen LogP contribution in [0.25, 0.3) is 0 Å². The zero-order valence-electron chi connectivity index (χ0n) is 9.73. The summed E-state index contributed by atoms with van der Waals surface area (Å²) in [5.74, 6) is 1.06. The summed E-state index contributed by atoms with van der Waals surface area (Å²) in [5.41, 5.74) is 0. The second-order valence-corrected chi connectivity index (χ2v) is 4.52. The maximum Gasteiger partial charge on any atom is 0.185 e. The first kappa shape index (κ1) is 12.5. The highest BCUT2D eigenvalue weighted by molar-refractivity contribution is 7.99. The number of thioether (sulfide) groups is 1. The Bertz CT molecular complexity index is 274. The lowest BCUT2D eigenvalue weighted by atomic mass is 10.2. The molecule has 1 N–H and O–H groups in total. The molecule has 4 nitrogen and oxygen atoms in total. The average molecular weight is 228 g/mol. The minimum atomic E-state index is 0.576. The molecule has 0 bridgehead atoms. The fourth-order valence-electron chi connectivity index (χ4n) is 1.26. The molecule has 1 aromatic heterocycles. The first-order valence-electron chi connectivity index (χ1n) is 5.48. The van der Waals surface area contributed by atoms with E-state index >= 15 is 0 Å². The molecule has 1 atom stereocenters. The maximum absolute atomic E-state index is 4.19. The van der Waals surface area contributed by atoms with Crippen LogP contribution in [-0.4, -0.2) is 33.1 Å². The van der Waals surface area contributed by atoms with Gasteiger partial charge < -0.3 is 5.32 Å². The SMILES string of the molecule is CCCNC(CC)CSc1ncnn1C. The van der Waals surface area contributed by atoms with E-state index in [4.69, 9.17) is 0 Å². The lowest BCUT2D eigenvalue weighted by Gasteiger charge is -2.15. The van der Waals surface area contributed by atoms with Gasteiger partial charge in [-0.1, -0.05) is 25.6 Å². The number of hydrogen-bond acceptors (Lipinski definition) is 4. The van der Waals surface area contributed by atoms with Crippen LogP contribution in [0.2, 0.25) is 0 Å². The van der Waals surface area contributed by atoms with Gasteiger partial charge in [-0.3, -0.25) is 0 Å². The quantitative estimate of drug-likeness (QED) is 0.721. The Balaban J connectivity index is 2.31. The number of aryl methyl sites for hydroxylation is 1. The van der Waals surface area contributed by atoms with Crippen molar-refractivity contribution in [3.63, 3.8) is 0 Å². The van der Waals surface area contributed by atoms with Crippen LogP contribution in [0.15, 0.2) is 11.5 Å². The van der Waals surface area contributed by atoms with Crippen molar-refractivity contribution in [3.8, 4) is 0 Å². The monoisotopic (exact) mass is 228 g/mol. The summed E-state index contributed by atoms with van der Waals surface area (Å²) in [6.45, 7) is 5.50. The van der Waals surface area contributed by atoms with Gasteiger partial charge in [-0.2, -0.15) is 5.10 Å². The van der Waals surface area contributed by atoms with Crippen LogP contribution in [-0.2, 0) is 7.05 Å². The van der Waals surface area contributed by atoms with E-state index < -0.39 is 0 Å². The largest absolute Gasteiger partial charge is 0.313 e. The number of nitrogens with zero attached hydrogens (tertiary/aromatic N) is 3. The van der Waals surface area contributed by atoms with Gasteiger partial charge in [0.1, 0.15) is 6.33 Å². The van der Waals surface area contributed by atoms with Crippen LogP contribution >= 0.6 is 11.8 Å². The zero-order valence-corrected chi connectivity index (χ0v) is 10.5. The highest BCUT2D eigenvalue weighted by Gasteiger charge is 2.08. The van der Waals surface area contributed by atoms with Crippen LogP contribution in [0, 0.1) is 0 Å². The summed E-state index contributed by atoms with van der Waals surface area (Å²) < 4.78 is 1.82. The molecule has 0 aromatic carbocycles. The summed E-state index contributed by atoms with van der Waals surface area (Å²) in [4.78, 5) is 4.19. The van der Waals surface area contributed by atoms with Crippen LogP contribution in [0.1, 0.15) is 26.7 Å². The van der Waals surface area contributed by atoms with Crippen molar-refractivity contribution in [2.24, 2.45) is 7.05 Å². The third kappa shape index (κ3) is 4.22.